The third-order valence-electron chi connectivity index (χ3n) is 2.35. The Bertz CT molecular complexity index is 314. The van der Waals surface area contributed by atoms with Crippen LogP contribution in [0.25, 0.3) is 0 Å². The van der Waals surface area contributed by atoms with Crippen LogP contribution < -0.4 is 0 Å². The second-order valence-corrected chi connectivity index (χ2v) is 6.60. The highest BCUT2D eigenvalue weighted by molar-refractivity contribution is 6.59. The summed E-state index contributed by atoms with van der Waals surface area (Å²) >= 11 is 0. The zero-order chi connectivity index (χ0) is 14.7. The van der Waals surface area contributed by atoms with Crippen LogP contribution in [-0.2, 0) is 19.8 Å². The first-order valence-corrected chi connectivity index (χ1v) is 9.13. The van der Waals surface area contributed by atoms with Crippen LogP contribution in [0.2, 0.25) is 6.55 Å². The Labute approximate surface area is 118 Å². The van der Waals surface area contributed by atoms with Crippen molar-refractivity contribution < 1.29 is 13.3 Å². The smallest absolute Gasteiger partial charge is 0.374 e. The second-order valence-electron chi connectivity index (χ2n) is 4.01. The molecular formula is C13H28N2O3Si. The van der Waals surface area contributed by atoms with Crippen molar-refractivity contribution in [2.24, 2.45) is 0 Å². The van der Waals surface area contributed by atoms with Crippen LogP contribution in [-0.4, -0.2) is 38.2 Å². The van der Waals surface area contributed by atoms with Gasteiger partial charge < -0.3 is 17.8 Å². The highest BCUT2D eigenvalue weighted by Crippen LogP contribution is 2.08. The van der Waals surface area contributed by atoms with Gasteiger partial charge in [-0.05, 0) is 34.6 Å². The highest BCUT2D eigenvalue weighted by Gasteiger charge is 2.32. The quantitative estimate of drug-likeness (QED) is 0.724. The van der Waals surface area contributed by atoms with Gasteiger partial charge in [-0.15, -0.1) is 0 Å². The predicted octanol–water partition coefficient (Wildman–Crippen LogP) is 2.88. The molecule has 0 aromatic carbocycles. The van der Waals surface area contributed by atoms with Crippen LogP contribution >= 0.6 is 0 Å². The Morgan fingerprint density at radius 3 is 1.74 bits per heavy atom. The topological polar surface area (TPSA) is 45.5 Å². The molecule has 0 amide bonds. The van der Waals surface area contributed by atoms with Crippen molar-refractivity contribution in [3.63, 3.8) is 0 Å². The summed E-state index contributed by atoms with van der Waals surface area (Å²) in [5, 5.41) is 0. The van der Waals surface area contributed by atoms with Gasteiger partial charge in [0.05, 0.1) is 12.0 Å². The van der Waals surface area contributed by atoms with Gasteiger partial charge in [0.25, 0.3) is 0 Å². The Balaban J connectivity index is 0.000000356. The molecule has 0 spiro atoms. The van der Waals surface area contributed by atoms with Gasteiger partial charge in [-0.2, -0.15) is 0 Å². The van der Waals surface area contributed by atoms with E-state index < -0.39 is 8.80 Å². The van der Waals surface area contributed by atoms with Gasteiger partial charge in [0.2, 0.25) is 0 Å². The van der Waals surface area contributed by atoms with Crippen molar-refractivity contribution in [2.45, 2.75) is 47.7 Å². The largest absolute Gasteiger partial charge is 0.497 e. The molecule has 1 rings (SSSR count). The fourth-order valence-electron chi connectivity index (χ4n) is 1.56. The van der Waals surface area contributed by atoms with Crippen LogP contribution in [0, 0.1) is 6.92 Å². The monoisotopic (exact) mass is 288 g/mol. The molecule has 6 heteroatoms. The SMILES string of the molecule is CCO[Si](C)(OCC)OCC.CCn1cnc(C)c1. The zero-order valence-corrected chi connectivity index (χ0v) is 14.1. The Morgan fingerprint density at radius 2 is 1.53 bits per heavy atom. The maximum Gasteiger partial charge on any atom is 0.497 e. The molecule has 0 fully saturated rings. The van der Waals surface area contributed by atoms with Crippen LogP contribution in [0.4, 0.5) is 0 Å². The molecule has 112 valence electrons. The fraction of sp³-hybridized carbons (Fsp3) is 0.769. The predicted molar refractivity (Wildman–Crippen MR) is 79.1 cm³/mol. The molecule has 0 saturated carbocycles. The zero-order valence-electron chi connectivity index (χ0n) is 13.1. The summed E-state index contributed by atoms with van der Waals surface area (Å²) in [6.07, 6.45) is 3.87. The van der Waals surface area contributed by atoms with Crippen LogP contribution in [0.15, 0.2) is 12.5 Å². The number of aromatic nitrogens is 2. The standard InChI is InChI=1S/C7H18O3Si.C6H10N2/c1-5-8-11(4,9-6-2)10-7-3;1-3-8-4-6(2)7-5-8/h5-7H2,1-4H3;4-5H,3H2,1-2H3. The summed E-state index contributed by atoms with van der Waals surface area (Å²) in [4.78, 5) is 4.05. The minimum absolute atomic E-state index is 0.655. The molecule has 0 unspecified atom stereocenters. The molecule has 0 aliphatic rings. The Morgan fingerprint density at radius 1 is 1.05 bits per heavy atom. The minimum atomic E-state index is -2.25. The van der Waals surface area contributed by atoms with E-state index in [0.717, 1.165) is 12.2 Å². The first kappa shape index (κ1) is 18.3. The first-order valence-electron chi connectivity index (χ1n) is 6.91. The molecule has 0 aliphatic carbocycles. The lowest BCUT2D eigenvalue weighted by molar-refractivity contribution is 0.0783. The van der Waals surface area contributed by atoms with E-state index in [0.29, 0.717) is 19.8 Å². The van der Waals surface area contributed by atoms with E-state index in [1.54, 1.807) is 0 Å². The average molecular weight is 288 g/mol. The Kier molecular flexibility index (Phi) is 9.77. The van der Waals surface area contributed by atoms with Crippen LogP contribution in [0.3, 0.4) is 0 Å². The minimum Gasteiger partial charge on any atom is -0.374 e. The van der Waals surface area contributed by atoms with Crippen LogP contribution in [0.1, 0.15) is 33.4 Å². The maximum absolute atomic E-state index is 5.40. The van der Waals surface area contributed by atoms with Crippen molar-refractivity contribution in [3.05, 3.63) is 18.2 Å². The van der Waals surface area contributed by atoms with Crippen molar-refractivity contribution in [3.8, 4) is 0 Å². The fourth-order valence-corrected chi connectivity index (χ4v) is 3.38. The highest BCUT2D eigenvalue weighted by atomic mass is 28.4. The molecule has 5 nitrogen and oxygen atoms in total. The number of imidazole rings is 1. The molecule has 1 aromatic rings. The summed E-state index contributed by atoms with van der Waals surface area (Å²) < 4.78 is 18.3. The van der Waals surface area contributed by atoms with E-state index in [-0.39, 0.29) is 0 Å². The molecule has 0 saturated heterocycles. The van der Waals surface area contributed by atoms with E-state index in [2.05, 4.69) is 16.5 Å². The van der Waals surface area contributed by atoms with Gasteiger partial charge >= 0.3 is 8.80 Å². The first-order chi connectivity index (χ1) is 9.01. The van der Waals surface area contributed by atoms with Gasteiger partial charge in [-0.25, -0.2) is 4.98 Å². The van der Waals surface area contributed by atoms with Gasteiger partial charge in [-0.3, -0.25) is 0 Å². The van der Waals surface area contributed by atoms with Crippen molar-refractivity contribution in [1.82, 2.24) is 9.55 Å². The average Bonchev–Trinajstić information content (AvgIpc) is 2.77. The van der Waals surface area contributed by atoms with Crippen molar-refractivity contribution in [2.75, 3.05) is 19.8 Å². The molecule has 0 bridgehead atoms. The van der Waals surface area contributed by atoms with E-state index in [4.69, 9.17) is 13.3 Å². The third kappa shape index (κ3) is 8.15. The number of hydrogen-bond acceptors (Lipinski definition) is 4. The van der Waals surface area contributed by atoms with Gasteiger partial charge in [0.15, 0.2) is 0 Å². The summed E-state index contributed by atoms with van der Waals surface area (Å²) in [5.74, 6) is 0. The third-order valence-corrected chi connectivity index (χ3v) is 4.79. The molecule has 0 atom stereocenters. The van der Waals surface area contributed by atoms with Crippen LogP contribution in [0.5, 0.6) is 0 Å². The number of nitrogens with zero attached hydrogens (tertiary/aromatic N) is 2. The summed E-state index contributed by atoms with van der Waals surface area (Å²) in [6, 6.07) is 0. The molecule has 0 radical (unpaired) electrons. The van der Waals surface area contributed by atoms with E-state index in [1.165, 1.54) is 0 Å². The van der Waals surface area contributed by atoms with Gasteiger partial charge in [0, 0.05) is 39.1 Å². The molecule has 0 aliphatic heterocycles. The molecular weight excluding hydrogens is 260 g/mol. The molecule has 19 heavy (non-hydrogen) atoms. The van der Waals surface area contributed by atoms with E-state index in [9.17, 15) is 0 Å². The molecule has 1 aromatic heterocycles. The van der Waals surface area contributed by atoms with Gasteiger partial charge in [0.1, 0.15) is 0 Å². The number of hydrogen-bond donors (Lipinski definition) is 0. The number of aryl methyl sites for hydroxylation is 2. The second kappa shape index (κ2) is 10.1. The summed E-state index contributed by atoms with van der Waals surface area (Å²) in [6.45, 7) is 14.8. The van der Waals surface area contributed by atoms with Crippen molar-refractivity contribution >= 4 is 8.80 Å². The molecule has 1 heterocycles. The summed E-state index contributed by atoms with van der Waals surface area (Å²) in [5.41, 5.74) is 1.09. The van der Waals surface area contributed by atoms with Crippen molar-refractivity contribution in [1.29, 1.82) is 0 Å². The summed E-state index contributed by atoms with van der Waals surface area (Å²) in [7, 11) is -2.25. The van der Waals surface area contributed by atoms with E-state index in [1.807, 2.05) is 46.8 Å². The normalized spacial score (nSPS) is 11.1. The molecule has 0 N–H and O–H groups in total. The maximum atomic E-state index is 5.40. The van der Waals surface area contributed by atoms with E-state index >= 15 is 0 Å². The lowest BCUT2D eigenvalue weighted by Crippen LogP contribution is -2.42. The number of rotatable bonds is 7. The Hall–Kier alpha value is -0.693. The van der Waals surface area contributed by atoms with Gasteiger partial charge in [-0.1, -0.05) is 0 Å². The lowest BCUT2D eigenvalue weighted by Gasteiger charge is -2.23. The lowest BCUT2D eigenvalue weighted by atomic mass is 10.6.